The van der Waals surface area contributed by atoms with Crippen molar-refractivity contribution in [3.05, 3.63) is 29.8 Å². The summed E-state index contributed by atoms with van der Waals surface area (Å²) in [6.45, 7) is 3.01. The van der Waals surface area contributed by atoms with Gasteiger partial charge in [-0.2, -0.15) is 0 Å². The zero-order valence-electron chi connectivity index (χ0n) is 13.8. The van der Waals surface area contributed by atoms with E-state index in [4.69, 9.17) is 10.5 Å². The Labute approximate surface area is 153 Å². The molecule has 0 radical (unpaired) electrons. The number of nitrogens with zero attached hydrogens (tertiary/aromatic N) is 2. The van der Waals surface area contributed by atoms with E-state index in [1.807, 2.05) is 0 Å². The van der Waals surface area contributed by atoms with Gasteiger partial charge in [-0.3, -0.25) is 9.59 Å². The highest BCUT2D eigenvalue weighted by Crippen LogP contribution is 2.29. The number of amides is 2. The summed E-state index contributed by atoms with van der Waals surface area (Å²) >= 11 is 2.71. The molecule has 1 aromatic carbocycles. The average molecular weight is 381 g/mol. The van der Waals surface area contributed by atoms with Gasteiger partial charge in [0.1, 0.15) is 0 Å². The maximum Gasteiger partial charge on any atom is 0.248 e. The highest BCUT2D eigenvalue weighted by atomic mass is 32.2. The van der Waals surface area contributed by atoms with Crippen molar-refractivity contribution in [3.63, 3.8) is 0 Å². The number of anilines is 2. The number of primary amides is 1. The molecule has 0 saturated carbocycles. The van der Waals surface area contributed by atoms with Gasteiger partial charge >= 0.3 is 0 Å². The third-order valence-electron chi connectivity index (χ3n) is 3.07. The molecule has 0 spiro atoms. The monoisotopic (exact) mass is 381 g/mol. The van der Waals surface area contributed by atoms with Gasteiger partial charge in [-0.15, -0.1) is 10.2 Å². The van der Waals surface area contributed by atoms with Crippen molar-refractivity contribution in [2.75, 3.05) is 30.9 Å². The molecule has 0 aliphatic rings. The van der Waals surface area contributed by atoms with E-state index in [1.54, 1.807) is 38.3 Å². The second-order valence-corrected chi connectivity index (χ2v) is 7.55. The highest BCUT2D eigenvalue weighted by Gasteiger charge is 2.17. The molecule has 25 heavy (non-hydrogen) atoms. The second kappa shape index (κ2) is 9.35. The van der Waals surface area contributed by atoms with Crippen LogP contribution >= 0.6 is 23.1 Å². The number of carbonyl (C=O) groups is 2. The van der Waals surface area contributed by atoms with Gasteiger partial charge in [0.15, 0.2) is 4.34 Å². The van der Waals surface area contributed by atoms with Crippen LogP contribution in [-0.4, -0.2) is 47.5 Å². The minimum absolute atomic E-state index is 0.166. The summed E-state index contributed by atoms with van der Waals surface area (Å²) in [6.07, 6.45) is 0. The SMILES string of the molecule is COCCNc1nnc(S[C@@H](C)C(=O)Nc2ccc(C(N)=O)cc2)s1. The lowest BCUT2D eigenvalue weighted by Gasteiger charge is -2.10. The Hall–Kier alpha value is -2.17. The van der Waals surface area contributed by atoms with Crippen molar-refractivity contribution < 1.29 is 14.3 Å². The first kappa shape index (κ1) is 19.2. The molecule has 10 heteroatoms. The van der Waals surface area contributed by atoms with Crippen molar-refractivity contribution in [2.24, 2.45) is 5.73 Å². The molecule has 1 aromatic heterocycles. The number of hydrogen-bond acceptors (Lipinski definition) is 8. The largest absolute Gasteiger partial charge is 0.383 e. The fourth-order valence-electron chi connectivity index (χ4n) is 1.76. The third-order valence-corrected chi connectivity index (χ3v) is 5.14. The summed E-state index contributed by atoms with van der Waals surface area (Å²) in [6, 6.07) is 6.41. The van der Waals surface area contributed by atoms with E-state index >= 15 is 0 Å². The van der Waals surface area contributed by atoms with E-state index in [1.165, 1.54) is 23.1 Å². The third kappa shape index (κ3) is 6.00. The van der Waals surface area contributed by atoms with Gasteiger partial charge in [0.2, 0.25) is 16.9 Å². The minimum Gasteiger partial charge on any atom is -0.383 e. The lowest BCUT2D eigenvalue weighted by Crippen LogP contribution is -2.22. The van der Waals surface area contributed by atoms with Crippen LogP contribution in [0.4, 0.5) is 10.8 Å². The molecule has 0 saturated heterocycles. The molecule has 0 bridgehead atoms. The van der Waals surface area contributed by atoms with Crippen LogP contribution in [-0.2, 0) is 9.53 Å². The van der Waals surface area contributed by atoms with Crippen molar-refractivity contribution in [1.29, 1.82) is 0 Å². The average Bonchev–Trinajstić information content (AvgIpc) is 3.03. The Morgan fingerprint density at radius 2 is 2.04 bits per heavy atom. The fourth-order valence-corrected chi connectivity index (χ4v) is 3.68. The van der Waals surface area contributed by atoms with Gasteiger partial charge in [-0.25, -0.2) is 0 Å². The number of ether oxygens (including phenoxy) is 1. The van der Waals surface area contributed by atoms with Gasteiger partial charge in [0.25, 0.3) is 0 Å². The first-order valence-corrected chi connectivity index (χ1v) is 9.13. The normalized spacial score (nSPS) is 11.8. The molecule has 1 atom stereocenters. The van der Waals surface area contributed by atoms with Crippen LogP contribution in [0, 0.1) is 0 Å². The summed E-state index contributed by atoms with van der Waals surface area (Å²) in [5, 5.41) is 14.3. The summed E-state index contributed by atoms with van der Waals surface area (Å²) < 4.78 is 5.65. The maximum absolute atomic E-state index is 12.3. The van der Waals surface area contributed by atoms with Crippen molar-refractivity contribution >= 4 is 45.7 Å². The molecule has 0 aliphatic carbocycles. The number of thioether (sulfide) groups is 1. The molecule has 134 valence electrons. The van der Waals surface area contributed by atoms with Crippen LogP contribution in [0.15, 0.2) is 28.6 Å². The standard InChI is InChI=1S/C15H19N5O3S2/c1-9(24-15-20-19-14(25-15)17-7-8-23-2)13(22)18-11-5-3-10(4-6-11)12(16)21/h3-6,9H,7-8H2,1-2H3,(H2,16,21)(H,17,19)(H,18,22)/t9-/m0/s1. The van der Waals surface area contributed by atoms with Crippen LogP contribution in [0.25, 0.3) is 0 Å². The molecule has 2 amide bonds. The van der Waals surface area contributed by atoms with Gasteiger partial charge in [0.05, 0.1) is 11.9 Å². The van der Waals surface area contributed by atoms with Crippen molar-refractivity contribution in [1.82, 2.24) is 10.2 Å². The topological polar surface area (TPSA) is 119 Å². The Kier molecular flexibility index (Phi) is 7.16. The summed E-state index contributed by atoms with van der Waals surface area (Å²) in [5.41, 5.74) is 6.18. The summed E-state index contributed by atoms with van der Waals surface area (Å²) in [7, 11) is 1.63. The minimum atomic E-state index is -0.506. The van der Waals surface area contributed by atoms with Gasteiger partial charge < -0.3 is 21.1 Å². The van der Waals surface area contributed by atoms with E-state index in [2.05, 4.69) is 20.8 Å². The lowest BCUT2D eigenvalue weighted by atomic mass is 10.2. The zero-order valence-corrected chi connectivity index (χ0v) is 15.4. The Morgan fingerprint density at radius 3 is 2.68 bits per heavy atom. The molecule has 1 heterocycles. The fraction of sp³-hybridized carbons (Fsp3) is 0.333. The molecule has 4 N–H and O–H groups in total. The van der Waals surface area contributed by atoms with Gasteiger partial charge in [-0.05, 0) is 31.2 Å². The molecule has 0 unspecified atom stereocenters. The molecular formula is C15H19N5O3S2. The van der Waals surface area contributed by atoms with E-state index in [9.17, 15) is 9.59 Å². The Bertz CT molecular complexity index is 720. The van der Waals surface area contributed by atoms with Crippen LogP contribution in [0.2, 0.25) is 0 Å². The Morgan fingerprint density at radius 1 is 1.32 bits per heavy atom. The van der Waals surface area contributed by atoms with E-state index < -0.39 is 5.91 Å². The predicted molar refractivity (Wildman–Crippen MR) is 99.2 cm³/mol. The number of rotatable bonds is 9. The van der Waals surface area contributed by atoms with Gasteiger partial charge in [0, 0.05) is 24.9 Å². The number of benzene rings is 1. The number of methoxy groups -OCH3 is 1. The summed E-state index contributed by atoms with van der Waals surface area (Å²) in [4.78, 5) is 23.3. The van der Waals surface area contributed by atoms with Crippen LogP contribution in [0.5, 0.6) is 0 Å². The quantitative estimate of drug-likeness (QED) is 0.448. The van der Waals surface area contributed by atoms with Crippen LogP contribution < -0.4 is 16.4 Å². The maximum atomic E-state index is 12.3. The van der Waals surface area contributed by atoms with E-state index in [0.29, 0.717) is 33.9 Å². The molecule has 2 rings (SSSR count). The van der Waals surface area contributed by atoms with E-state index in [0.717, 1.165) is 0 Å². The molecule has 0 fully saturated rings. The Balaban J connectivity index is 1.86. The second-order valence-electron chi connectivity index (χ2n) is 4.98. The number of nitrogens with one attached hydrogen (secondary N) is 2. The first-order chi connectivity index (χ1) is 12.0. The van der Waals surface area contributed by atoms with Gasteiger partial charge in [-0.1, -0.05) is 23.1 Å². The highest BCUT2D eigenvalue weighted by molar-refractivity contribution is 8.02. The first-order valence-electron chi connectivity index (χ1n) is 7.43. The van der Waals surface area contributed by atoms with Crippen molar-refractivity contribution in [3.8, 4) is 0 Å². The van der Waals surface area contributed by atoms with Crippen LogP contribution in [0.3, 0.4) is 0 Å². The lowest BCUT2D eigenvalue weighted by molar-refractivity contribution is -0.115. The molecule has 2 aromatic rings. The molecule has 0 aliphatic heterocycles. The number of aromatic nitrogens is 2. The summed E-state index contributed by atoms with van der Waals surface area (Å²) in [5.74, 6) is -0.672. The van der Waals surface area contributed by atoms with Crippen molar-refractivity contribution in [2.45, 2.75) is 16.5 Å². The zero-order chi connectivity index (χ0) is 18.2. The van der Waals surface area contributed by atoms with E-state index in [-0.39, 0.29) is 11.2 Å². The number of nitrogens with two attached hydrogens (primary N) is 1. The molecular weight excluding hydrogens is 362 g/mol. The predicted octanol–water partition coefficient (Wildman–Crippen LogP) is 1.81. The van der Waals surface area contributed by atoms with Crippen LogP contribution in [0.1, 0.15) is 17.3 Å². The number of carbonyl (C=O) groups excluding carboxylic acids is 2. The number of hydrogen-bond donors (Lipinski definition) is 3. The molecule has 8 nitrogen and oxygen atoms in total. The smallest absolute Gasteiger partial charge is 0.248 e.